The standard InChI is InChI=1S/C20H36O4/c1-2-3-4-5-6-7-8-9-10-11-14-18(17-20(23)24)15-12-13-16-19(21)22/h13,16,18H,2-12,14-15,17H2,1H3,(H,21,22)(H,23,24). The summed E-state index contributed by atoms with van der Waals surface area (Å²) >= 11 is 0. The molecular weight excluding hydrogens is 304 g/mol. The highest BCUT2D eigenvalue weighted by Crippen LogP contribution is 2.20. The van der Waals surface area contributed by atoms with E-state index in [4.69, 9.17) is 10.2 Å². The lowest BCUT2D eigenvalue weighted by Crippen LogP contribution is -2.08. The number of aliphatic carboxylic acids is 2. The van der Waals surface area contributed by atoms with Gasteiger partial charge in [0.15, 0.2) is 0 Å². The molecule has 0 rings (SSSR count). The van der Waals surface area contributed by atoms with Crippen LogP contribution >= 0.6 is 0 Å². The first-order valence-electron chi connectivity index (χ1n) is 9.67. The molecule has 0 saturated heterocycles. The molecule has 0 aromatic rings. The van der Waals surface area contributed by atoms with Crippen LogP contribution in [0.3, 0.4) is 0 Å². The summed E-state index contributed by atoms with van der Waals surface area (Å²) in [6, 6.07) is 0. The Hall–Kier alpha value is -1.32. The van der Waals surface area contributed by atoms with Crippen LogP contribution in [0.5, 0.6) is 0 Å². The van der Waals surface area contributed by atoms with Gasteiger partial charge in [-0.2, -0.15) is 0 Å². The smallest absolute Gasteiger partial charge is 0.327 e. The fourth-order valence-electron chi connectivity index (χ4n) is 3.03. The van der Waals surface area contributed by atoms with Crippen LogP contribution in [-0.4, -0.2) is 22.2 Å². The van der Waals surface area contributed by atoms with Gasteiger partial charge in [-0.05, 0) is 25.2 Å². The van der Waals surface area contributed by atoms with Crippen LogP contribution in [0.15, 0.2) is 12.2 Å². The van der Waals surface area contributed by atoms with E-state index in [-0.39, 0.29) is 12.3 Å². The Bertz CT molecular complexity index is 350. The number of unbranched alkanes of at least 4 members (excludes halogenated alkanes) is 9. The molecule has 24 heavy (non-hydrogen) atoms. The van der Waals surface area contributed by atoms with Gasteiger partial charge in [-0.1, -0.05) is 77.2 Å². The molecular formula is C20H36O4. The molecule has 0 saturated carbocycles. The summed E-state index contributed by atoms with van der Waals surface area (Å²) in [7, 11) is 0. The summed E-state index contributed by atoms with van der Waals surface area (Å²) in [5.74, 6) is -1.54. The predicted octanol–water partition coefficient (Wildman–Crippen LogP) is 5.81. The van der Waals surface area contributed by atoms with Gasteiger partial charge in [0.2, 0.25) is 0 Å². The van der Waals surface area contributed by atoms with Gasteiger partial charge in [-0.3, -0.25) is 4.79 Å². The van der Waals surface area contributed by atoms with E-state index in [1.165, 1.54) is 57.8 Å². The molecule has 0 aliphatic heterocycles. The molecule has 0 aliphatic rings. The Balaban J connectivity index is 3.67. The number of hydrogen-bond acceptors (Lipinski definition) is 2. The Morgan fingerprint density at radius 3 is 1.88 bits per heavy atom. The topological polar surface area (TPSA) is 74.6 Å². The van der Waals surface area contributed by atoms with Crippen molar-refractivity contribution in [1.29, 1.82) is 0 Å². The van der Waals surface area contributed by atoms with Gasteiger partial charge in [0.1, 0.15) is 0 Å². The maximum Gasteiger partial charge on any atom is 0.327 e. The van der Waals surface area contributed by atoms with E-state index in [1.807, 2.05) is 0 Å². The highest BCUT2D eigenvalue weighted by molar-refractivity contribution is 5.79. The van der Waals surface area contributed by atoms with Gasteiger partial charge < -0.3 is 10.2 Å². The first kappa shape index (κ1) is 22.7. The minimum atomic E-state index is -0.945. The maximum atomic E-state index is 10.9. The third-order valence-electron chi connectivity index (χ3n) is 4.43. The fourth-order valence-corrected chi connectivity index (χ4v) is 3.03. The molecule has 0 radical (unpaired) electrons. The van der Waals surface area contributed by atoms with Crippen LogP contribution < -0.4 is 0 Å². The van der Waals surface area contributed by atoms with Crippen molar-refractivity contribution in [3.8, 4) is 0 Å². The van der Waals surface area contributed by atoms with E-state index >= 15 is 0 Å². The molecule has 0 heterocycles. The molecule has 0 aliphatic carbocycles. The summed E-state index contributed by atoms with van der Waals surface area (Å²) in [4.78, 5) is 21.3. The van der Waals surface area contributed by atoms with E-state index in [0.717, 1.165) is 25.3 Å². The Labute approximate surface area is 147 Å². The lowest BCUT2D eigenvalue weighted by molar-refractivity contribution is -0.138. The minimum absolute atomic E-state index is 0.162. The lowest BCUT2D eigenvalue weighted by Gasteiger charge is -2.13. The van der Waals surface area contributed by atoms with Gasteiger partial charge in [0, 0.05) is 12.5 Å². The number of carboxylic acid groups (broad SMARTS) is 2. The average Bonchev–Trinajstić information content (AvgIpc) is 2.52. The quantitative estimate of drug-likeness (QED) is 0.259. The number of carboxylic acids is 2. The van der Waals surface area contributed by atoms with Crippen molar-refractivity contribution in [2.75, 3.05) is 0 Å². The first-order valence-corrected chi connectivity index (χ1v) is 9.67. The van der Waals surface area contributed by atoms with Gasteiger partial charge >= 0.3 is 11.9 Å². The zero-order valence-corrected chi connectivity index (χ0v) is 15.3. The Morgan fingerprint density at radius 1 is 0.833 bits per heavy atom. The maximum absolute atomic E-state index is 10.9. The second kappa shape index (κ2) is 16.5. The van der Waals surface area contributed by atoms with E-state index in [0.29, 0.717) is 6.42 Å². The summed E-state index contributed by atoms with van der Waals surface area (Å²) < 4.78 is 0. The van der Waals surface area contributed by atoms with Gasteiger partial charge in [-0.15, -0.1) is 0 Å². The monoisotopic (exact) mass is 340 g/mol. The van der Waals surface area contributed by atoms with Gasteiger partial charge in [0.05, 0.1) is 0 Å². The Kier molecular flexibility index (Phi) is 15.6. The van der Waals surface area contributed by atoms with Gasteiger partial charge in [-0.25, -0.2) is 4.79 Å². The lowest BCUT2D eigenvalue weighted by atomic mass is 9.92. The first-order chi connectivity index (χ1) is 11.6. The zero-order chi connectivity index (χ0) is 18.0. The Morgan fingerprint density at radius 2 is 1.38 bits per heavy atom. The van der Waals surface area contributed by atoms with Crippen molar-refractivity contribution in [2.24, 2.45) is 5.92 Å². The van der Waals surface area contributed by atoms with Crippen LogP contribution in [-0.2, 0) is 9.59 Å². The highest BCUT2D eigenvalue weighted by Gasteiger charge is 2.12. The molecule has 1 atom stereocenters. The molecule has 2 N–H and O–H groups in total. The van der Waals surface area contributed by atoms with Crippen molar-refractivity contribution >= 4 is 11.9 Å². The average molecular weight is 341 g/mol. The molecule has 4 nitrogen and oxygen atoms in total. The number of carbonyl (C=O) groups is 2. The second-order valence-corrected chi connectivity index (χ2v) is 6.75. The minimum Gasteiger partial charge on any atom is -0.481 e. The number of hydrogen-bond donors (Lipinski definition) is 2. The highest BCUT2D eigenvalue weighted by atomic mass is 16.4. The van der Waals surface area contributed by atoms with E-state index < -0.39 is 11.9 Å². The predicted molar refractivity (Wildman–Crippen MR) is 98.2 cm³/mol. The van der Waals surface area contributed by atoms with Crippen LogP contribution in [0.2, 0.25) is 0 Å². The normalized spacial score (nSPS) is 12.5. The van der Waals surface area contributed by atoms with E-state index in [2.05, 4.69) is 6.92 Å². The fraction of sp³-hybridized carbons (Fsp3) is 0.800. The summed E-state index contributed by atoms with van der Waals surface area (Å²) in [6.45, 7) is 2.24. The SMILES string of the molecule is CCCCCCCCCCCCC(CCC=CC(=O)O)CC(=O)O. The summed E-state index contributed by atoms with van der Waals surface area (Å²) in [5, 5.41) is 17.5. The van der Waals surface area contributed by atoms with Crippen molar-refractivity contribution in [3.63, 3.8) is 0 Å². The molecule has 0 bridgehead atoms. The molecule has 1 unspecified atom stereocenters. The van der Waals surface area contributed by atoms with Crippen LogP contribution in [0.25, 0.3) is 0 Å². The summed E-state index contributed by atoms with van der Waals surface area (Å²) in [5.41, 5.74) is 0. The molecule has 4 heteroatoms. The van der Waals surface area contributed by atoms with Crippen molar-refractivity contribution in [3.05, 3.63) is 12.2 Å². The van der Waals surface area contributed by atoms with E-state index in [1.54, 1.807) is 6.08 Å². The third kappa shape index (κ3) is 17.0. The van der Waals surface area contributed by atoms with Crippen LogP contribution in [0.4, 0.5) is 0 Å². The second-order valence-electron chi connectivity index (χ2n) is 6.75. The molecule has 140 valence electrons. The van der Waals surface area contributed by atoms with Gasteiger partial charge in [0.25, 0.3) is 0 Å². The molecule has 0 aromatic heterocycles. The largest absolute Gasteiger partial charge is 0.481 e. The molecule has 0 aromatic carbocycles. The van der Waals surface area contributed by atoms with E-state index in [9.17, 15) is 9.59 Å². The van der Waals surface area contributed by atoms with Crippen LogP contribution in [0.1, 0.15) is 96.8 Å². The zero-order valence-electron chi connectivity index (χ0n) is 15.3. The molecule has 0 fully saturated rings. The third-order valence-corrected chi connectivity index (χ3v) is 4.43. The number of rotatable bonds is 17. The number of allylic oxidation sites excluding steroid dienone is 1. The van der Waals surface area contributed by atoms with Crippen molar-refractivity contribution < 1.29 is 19.8 Å². The van der Waals surface area contributed by atoms with Crippen molar-refractivity contribution in [2.45, 2.75) is 96.8 Å². The van der Waals surface area contributed by atoms with Crippen molar-refractivity contribution in [1.82, 2.24) is 0 Å². The summed E-state index contributed by atoms with van der Waals surface area (Å²) in [6.07, 6.45) is 18.1. The van der Waals surface area contributed by atoms with Crippen LogP contribution in [0, 0.1) is 5.92 Å². The molecule has 0 amide bonds. The molecule has 0 spiro atoms.